The Morgan fingerprint density at radius 3 is 2.56 bits per heavy atom. The van der Waals surface area contributed by atoms with E-state index >= 15 is 0 Å². The first-order valence-corrected chi connectivity index (χ1v) is 4.59. The Kier molecular flexibility index (Phi) is 3.67. The van der Waals surface area contributed by atoms with Crippen molar-refractivity contribution in [3.8, 4) is 11.8 Å². The van der Waals surface area contributed by atoms with Crippen molar-refractivity contribution >= 4 is 11.5 Å². The highest BCUT2D eigenvalue weighted by Crippen LogP contribution is 2.26. The summed E-state index contributed by atoms with van der Waals surface area (Å²) in [6, 6.07) is 8.31. The first-order valence-electron chi connectivity index (χ1n) is 4.59. The first-order chi connectivity index (χ1) is 7.61. The smallest absolute Gasteiger partial charge is 0.174 e. The fourth-order valence-electron chi connectivity index (χ4n) is 1.27. The van der Waals surface area contributed by atoms with Gasteiger partial charge in [-0.15, -0.1) is 0 Å². The minimum absolute atomic E-state index is 0.274. The number of hydrogen-bond acceptors (Lipinski definition) is 4. The SMILES string of the molecule is COc1ccccc1C(O)=C(C#N)C(C)=O. The van der Waals surface area contributed by atoms with Crippen LogP contribution in [0.5, 0.6) is 5.75 Å². The van der Waals surface area contributed by atoms with Gasteiger partial charge in [0.05, 0.1) is 12.7 Å². The highest BCUT2D eigenvalue weighted by atomic mass is 16.5. The van der Waals surface area contributed by atoms with E-state index in [1.807, 2.05) is 0 Å². The summed E-state index contributed by atoms with van der Waals surface area (Å²) in [6.45, 7) is 1.23. The summed E-state index contributed by atoms with van der Waals surface area (Å²) in [5, 5.41) is 18.6. The topological polar surface area (TPSA) is 70.3 Å². The Morgan fingerprint density at radius 1 is 1.44 bits per heavy atom. The summed E-state index contributed by atoms with van der Waals surface area (Å²) in [5.74, 6) is -0.424. The van der Waals surface area contributed by atoms with Crippen LogP contribution >= 0.6 is 0 Å². The Morgan fingerprint density at radius 2 is 2.06 bits per heavy atom. The standard InChI is InChI=1S/C12H11NO3/c1-8(14)10(7-13)12(15)9-5-3-4-6-11(9)16-2/h3-6,15H,1-2H3. The Hall–Kier alpha value is -2.28. The van der Waals surface area contributed by atoms with Gasteiger partial charge in [-0.3, -0.25) is 4.79 Å². The van der Waals surface area contributed by atoms with Gasteiger partial charge < -0.3 is 9.84 Å². The van der Waals surface area contributed by atoms with Crippen molar-refractivity contribution < 1.29 is 14.6 Å². The second kappa shape index (κ2) is 4.99. The molecule has 0 unspecified atom stereocenters. The number of methoxy groups -OCH3 is 1. The molecule has 1 aromatic rings. The number of aliphatic hydroxyl groups excluding tert-OH is 1. The molecule has 0 spiro atoms. The third-order valence-electron chi connectivity index (χ3n) is 2.06. The molecule has 0 aliphatic carbocycles. The van der Waals surface area contributed by atoms with Crippen LogP contribution in [0.1, 0.15) is 12.5 Å². The molecule has 0 aromatic heterocycles. The van der Waals surface area contributed by atoms with Crippen molar-refractivity contribution in [1.29, 1.82) is 5.26 Å². The molecule has 4 heteroatoms. The molecule has 4 nitrogen and oxygen atoms in total. The van der Waals surface area contributed by atoms with Crippen molar-refractivity contribution in [2.45, 2.75) is 6.92 Å². The van der Waals surface area contributed by atoms with Crippen LogP contribution in [0, 0.1) is 11.3 Å². The summed E-state index contributed by atoms with van der Waals surface area (Å²) in [6.07, 6.45) is 0. The highest BCUT2D eigenvalue weighted by Gasteiger charge is 2.15. The maximum atomic E-state index is 11.1. The maximum Gasteiger partial charge on any atom is 0.174 e. The van der Waals surface area contributed by atoms with Crippen LogP contribution in [-0.4, -0.2) is 18.0 Å². The van der Waals surface area contributed by atoms with Crippen molar-refractivity contribution in [3.05, 3.63) is 35.4 Å². The number of carbonyl (C=O) groups is 1. The largest absolute Gasteiger partial charge is 0.506 e. The number of nitrogens with zero attached hydrogens (tertiary/aromatic N) is 1. The zero-order valence-corrected chi connectivity index (χ0v) is 9.02. The van der Waals surface area contributed by atoms with E-state index in [2.05, 4.69) is 0 Å². The number of benzene rings is 1. The van der Waals surface area contributed by atoms with Crippen molar-refractivity contribution in [1.82, 2.24) is 0 Å². The van der Waals surface area contributed by atoms with Gasteiger partial charge in [-0.1, -0.05) is 12.1 Å². The van der Waals surface area contributed by atoms with Gasteiger partial charge in [0, 0.05) is 6.92 Å². The number of aliphatic hydroxyl groups is 1. The van der Waals surface area contributed by atoms with Crippen LogP contribution in [0.4, 0.5) is 0 Å². The number of ketones is 1. The molecule has 16 heavy (non-hydrogen) atoms. The van der Waals surface area contributed by atoms with Crippen LogP contribution in [-0.2, 0) is 4.79 Å². The van der Waals surface area contributed by atoms with Crippen LogP contribution in [0.2, 0.25) is 0 Å². The lowest BCUT2D eigenvalue weighted by molar-refractivity contribution is -0.113. The summed E-state index contributed by atoms with van der Waals surface area (Å²) in [4.78, 5) is 11.1. The average Bonchev–Trinajstić information content (AvgIpc) is 2.29. The number of nitriles is 1. The van der Waals surface area contributed by atoms with Crippen molar-refractivity contribution in [3.63, 3.8) is 0 Å². The molecule has 1 rings (SSSR count). The second-order valence-corrected chi connectivity index (χ2v) is 3.09. The van der Waals surface area contributed by atoms with E-state index in [0.29, 0.717) is 11.3 Å². The van der Waals surface area contributed by atoms with Crippen LogP contribution < -0.4 is 4.74 Å². The number of Topliss-reactive ketones (excluding diaryl/α,β-unsaturated/α-hetero) is 1. The Bertz CT molecular complexity index is 483. The maximum absolute atomic E-state index is 11.1. The van der Waals surface area contributed by atoms with E-state index in [1.165, 1.54) is 14.0 Å². The summed E-state index contributed by atoms with van der Waals surface area (Å²) in [5.41, 5.74) is 0.0567. The molecule has 82 valence electrons. The molecule has 0 saturated carbocycles. The van der Waals surface area contributed by atoms with E-state index in [0.717, 1.165) is 0 Å². The Balaban J connectivity index is 3.39. The van der Waals surface area contributed by atoms with Gasteiger partial charge in [-0.05, 0) is 12.1 Å². The lowest BCUT2D eigenvalue weighted by atomic mass is 10.1. The molecule has 0 bridgehead atoms. The van der Waals surface area contributed by atoms with E-state index in [-0.39, 0.29) is 11.3 Å². The number of carbonyl (C=O) groups excluding carboxylic acids is 1. The third kappa shape index (κ3) is 2.20. The summed E-state index contributed by atoms with van der Waals surface area (Å²) < 4.78 is 5.03. The average molecular weight is 217 g/mol. The monoisotopic (exact) mass is 217 g/mol. The molecule has 0 fully saturated rings. The number of para-hydroxylation sites is 1. The zero-order chi connectivity index (χ0) is 12.1. The van der Waals surface area contributed by atoms with Crippen molar-refractivity contribution in [2.24, 2.45) is 0 Å². The fraction of sp³-hybridized carbons (Fsp3) is 0.167. The minimum atomic E-state index is -0.481. The minimum Gasteiger partial charge on any atom is -0.506 e. The normalized spacial score (nSPS) is 11.3. The van der Waals surface area contributed by atoms with E-state index < -0.39 is 5.78 Å². The fourth-order valence-corrected chi connectivity index (χ4v) is 1.27. The number of rotatable bonds is 3. The quantitative estimate of drug-likeness (QED) is 0.478. The molecule has 0 aliphatic rings. The molecule has 0 heterocycles. The summed E-state index contributed by atoms with van der Waals surface area (Å²) >= 11 is 0. The Labute approximate surface area is 93.4 Å². The third-order valence-corrected chi connectivity index (χ3v) is 2.06. The van der Waals surface area contributed by atoms with E-state index in [4.69, 9.17) is 10.00 Å². The second-order valence-electron chi connectivity index (χ2n) is 3.09. The van der Waals surface area contributed by atoms with E-state index in [1.54, 1.807) is 30.3 Å². The number of hydrogen-bond donors (Lipinski definition) is 1. The lowest BCUT2D eigenvalue weighted by Crippen LogP contribution is -2.00. The van der Waals surface area contributed by atoms with Crippen molar-refractivity contribution in [2.75, 3.05) is 7.11 Å². The molecule has 1 N–H and O–H groups in total. The molecule has 0 aliphatic heterocycles. The predicted molar refractivity (Wildman–Crippen MR) is 58.8 cm³/mol. The summed E-state index contributed by atoms with van der Waals surface area (Å²) in [7, 11) is 1.45. The van der Waals surface area contributed by atoms with Crippen LogP contribution in [0.3, 0.4) is 0 Å². The zero-order valence-electron chi connectivity index (χ0n) is 9.02. The van der Waals surface area contributed by atoms with Crippen LogP contribution in [0.25, 0.3) is 5.76 Å². The number of allylic oxidation sites excluding steroid dienone is 1. The van der Waals surface area contributed by atoms with Gasteiger partial charge >= 0.3 is 0 Å². The molecule has 0 radical (unpaired) electrons. The highest BCUT2D eigenvalue weighted by molar-refractivity contribution is 6.03. The van der Waals surface area contributed by atoms with Gasteiger partial charge in [0.1, 0.15) is 23.2 Å². The lowest BCUT2D eigenvalue weighted by Gasteiger charge is -2.07. The van der Waals surface area contributed by atoms with Gasteiger partial charge in [0.2, 0.25) is 0 Å². The molecule has 0 amide bonds. The molecular weight excluding hydrogens is 206 g/mol. The molecule has 0 atom stereocenters. The molecule has 1 aromatic carbocycles. The van der Waals surface area contributed by atoms with Gasteiger partial charge in [-0.25, -0.2) is 0 Å². The number of ether oxygens (including phenoxy) is 1. The molecule has 0 saturated heterocycles. The van der Waals surface area contributed by atoms with Gasteiger partial charge in [-0.2, -0.15) is 5.26 Å². The van der Waals surface area contributed by atoms with Crippen LogP contribution in [0.15, 0.2) is 29.8 Å². The molecular formula is C12H11NO3. The predicted octanol–water partition coefficient (Wildman–Crippen LogP) is 2.08. The van der Waals surface area contributed by atoms with E-state index in [9.17, 15) is 9.90 Å². The van der Waals surface area contributed by atoms with Gasteiger partial charge in [0.15, 0.2) is 5.78 Å². The first kappa shape index (κ1) is 11.8. The van der Waals surface area contributed by atoms with Gasteiger partial charge in [0.25, 0.3) is 0 Å².